The summed E-state index contributed by atoms with van der Waals surface area (Å²) in [5.74, 6) is 0.121. The summed E-state index contributed by atoms with van der Waals surface area (Å²) in [5.41, 5.74) is 4.84. The van der Waals surface area contributed by atoms with E-state index in [1.54, 1.807) is 18.2 Å². The van der Waals surface area contributed by atoms with Gasteiger partial charge in [-0.3, -0.25) is 4.79 Å². The second-order valence-corrected chi connectivity index (χ2v) is 6.77. The summed E-state index contributed by atoms with van der Waals surface area (Å²) in [6.07, 6.45) is 0. The lowest BCUT2D eigenvalue weighted by Crippen LogP contribution is -2.17. The van der Waals surface area contributed by atoms with Gasteiger partial charge in [-0.2, -0.15) is 0 Å². The first-order valence-corrected chi connectivity index (χ1v) is 9.02. The number of aryl methyl sites for hydroxylation is 2. The zero-order valence-electron chi connectivity index (χ0n) is 15.5. The highest BCUT2D eigenvalue weighted by molar-refractivity contribution is 6.31. The van der Waals surface area contributed by atoms with E-state index in [2.05, 4.69) is 33.6 Å². The summed E-state index contributed by atoms with van der Waals surface area (Å²) in [6, 6.07) is 15.2. The molecule has 3 rings (SSSR count). The molecule has 0 atom stereocenters. The minimum Gasteiger partial charge on any atom is -0.350 e. The van der Waals surface area contributed by atoms with Crippen LogP contribution in [-0.4, -0.2) is 15.9 Å². The fourth-order valence-corrected chi connectivity index (χ4v) is 2.85. The smallest absolute Gasteiger partial charge is 0.274 e. The maximum absolute atomic E-state index is 12.6. The summed E-state index contributed by atoms with van der Waals surface area (Å²) < 4.78 is 0. The van der Waals surface area contributed by atoms with E-state index in [0.29, 0.717) is 34.6 Å². The number of hydrogen-bond donors (Lipinski definition) is 2. The molecule has 0 unspecified atom stereocenters. The zero-order valence-corrected chi connectivity index (χ0v) is 16.3. The Balaban J connectivity index is 1.77. The van der Waals surface area contributed by atoms with Crippen LogP contribution in [0, 0.1) is 20.8 Å². The Morgan fingerprint density at radius 2 is 1.81 bits per heavy atom. The molecule has 27 heavy (non-hydrogen) atoms. The van der Waals surface area contributed by atoms with E-state index in [1.807, 2.05) is 38.1 Å². The van der Waals surface area contributed by atoms with Crippen LogP contribution in [0.25, 0.3) is 0 Å². The number of carbonyl (C=O) groups excluding carboxylic acids is 1. The number of hydrogen-bond acceptors (Lipinski definition) is 4. The Kier molecular flexibility index (Phi) is 5.72. The molecule has 0 spiro atoms. The van der Waals surface area contributed by atoms with E-state index in [0.717, 1.165) is 11.1 Å². The topological polar surface area (TPSA) is 66.9 Å². The molecule has 1 amide bonds. The molecular weight excluding hydrogens is 360 g/mol. The van der Waals surface area contributed by atoms with E-state index in [9.17, 15) is 4.79 Å². The molecule has 0 fully saturated rings. The van der Waals surface area contributed by atoms with Gasteiger partial charge in [-0.05, 0) is 55.7 Å². The number of rotatable bonds is 5. The standard InChI is InChI=1S/C21H21ClN4O/c1-13-7-4-5-8-16(13)12-23-21-24-14(2)11-19(26-21)20(27)25-18-10-6-9-17(22)15(18)3/h4-11H,12H2,1-3H3,(H,25,27)(H,23,24,26). The van der Waals surface area contributed by atoms with Crippen molar-refractivity contribution in [2.24, 2.45) is 0 Å². The van der Waals surface area contributed by atoms with Crippen LogP contribution in [0.15, 0.2) is 48.5 Å². The number of aromatic nitrogens is 2. The molecule has 2 N–H and O–H groups in total. The molecule has 0 aliphatic rings. The molecule has 5 nitrogen and oxygen atoms in total. The van der Waals surface area contributed by atoms with Crippen LogP contribution < -0.4 is 10.6 Å². The van der Waals surface area contributed by atoms with Crippen LogP contribution in [-0.2, 0) is 6.54 Å². The molecule has 1 heterocycles. The fraction of sp³-hybridized carbons (Fsp3) is 0.190. The van der Waals surface area contributed by atoms with Gasteiger partial charge >= 0.3 is 0 Å². The number of benzene rings is 2. The lowest BCUT2D eigenvalue weighted by molar-refractivity contribution is 0.102. The van der Waals surface area contributed by atoms with Crippen LogP contribution in [0.2, 0.25) is 5.02 Å². The minimum absolute atomic E-state index is 0.300. The predicted octanol–water partition coefficient (Wildman–Crippen LogP) is 4.92. The van der Waals surface area contributed by atoms with Crippen molar-refractivity contribution in [2.75, 3.05) is 10.6 Å². The minimum atomic E-state index is -0.301. The molecule has 138 valence electrons. The Morgan fingerprint density at radius 1 is 1.04 bits per heavy atom. The molecule has 0 saturated heterocycles. The summed E-state index contributed by atoms with van der Waals surface area (Å²) in [5, 5.41) is 6.67. The first-order valence-electron chi connectivity index (χ1n) is 8.64. The van der Waals surface area contributed by atoms with Gasteiger partial charge in [0.05, 0.1) is 0 Å². The van der Waals surface area contributed by atoms with Gasteiger partial charge in [-0.15, -0.1) is 0 Å². The molecular formula is C21H21ClN4O. The van der Waals surface area contributed by atoms with Gasteiger partial charge in [0, 0.05) is 22.9 Å². The van der Waals surface area contributed by atoms with E-state index in [-0.39, 0.29) is 5.91 Å². The van der Waals surface area contributed by atoms with Gasteiger partial charge in [0.2, 0.25) is 5.95 Å². The highest BCUT2D eigenvalue weighted by atomic mass is 35.5. The highest BCUT2D eigenvalue weighted by Crippen LogP contribution is 2.23. The number of anilines is 2. The number of halogens is 1. The molecule has 3 aromatic rings. The van der Waals surface area contributed by atoms with Gasteiger partial charge in [0.1, 0.15) is 5.69 Å². The van der Waals surface area contributed by atoms with Crippen LogP contribution in [0.5, 0.6) is 0 Å². The monoisotopic (exact) mass is 380 g/mol. The van der Waals surface area contributed by atoms with Crippen molar-refractivity contribution in [3.05, 3.63) is 81.6 Å². The van der Waals surface area contributed by atoms with Crippen LogP contribution in [0.4, 0.5) is 11.6 Å². The Morgan fingerprint density at radius 3 is 2.59 bits per heavy atom. The fourth-order valence-electron chi connectivity index (χ4n) is 2.68. The second kappa shape index (κ2) is 8.18. The molecule has 0 radical (unpaired) electrons. The maximum Gasteiger partial charge on any atom is 0.274 e. The molecule has 0 aliphatic heterocycles. The molecule has 6 heteroatoms. The van der Waals surface area contributed by atoms with Crippen molar-refractivity contribution >= 4 is 29.1 Å². The molecule has 0 aliphatic carbocycles. The average Bonchev–Trinajstić information content (AvgIpc) is 2.64. The Hall–Kier alpha value is -2.92. The summed E-state index contributed by atoms with van der Waals surface area (Å²) in [6.45, 7) is 6.34. The average molecular weight is 381 g/mol. The zero-order chi connectivity index (χ0) is 19.4. The highest BCUT2D eigenvalue weighted by Gasteiger charge is 2.13. The van der Waals surface area contributed by atoms with Crippen LogP contribution >= 0.6 is 11.6 Å². The summed E-state index contributed by atoms with van der Waals surface area (Å²) in [4.78, 5) is 21.4. The first-order chi connectivity index (χ1) is 12.9. The third-order valence-corrected chi connectivity index (χ3v) is 4.71. The molecule has 0 saturated carbocycles. The van der Waals surface area contributed by atoms with Crippen molar-refractivity contribution < 1.29 is 4.79 Å². The number of nitrogens with zero attached hydrogens (tertiary/aromatic N) is 2. The third kappa shape index (κ3) is 4.63. The van der Waals surface area contributed by atoms with Crippen molar-refractivity contribution in [2.45, 2.75) is 27.3 Å². The number of nitrogens with one attached hydrogen (secondary N) is 2. The quantitative estimate of drug-likeness (QED) is 0.659. The number of carbonyl (C=O) groups is 1. The third-order valence-electron chi connectivity index (χ3n) is 4.30. The first kappa shape index (κ1) is 18.9. The van der Waals surface area contributed by atoms with Crippen molar-refractivity contribution in [3.63, 3.8) is 0 Å². The van der Waals surface area contributed by atoms with Crippen molar-refractivity contribution in [1.82, 2.24) is 9.97 Å². The maximum atomic E-state index is 12.6. The van der Waals surface area contributed by atoms with Gasteiger partial charge in [0.25, 0.3) is 5.91 Å². The molecule has 0 bridgehead atoms. The number of amides is 1. The largest absolute Gasteiger partial charge is 0.350 e. The van der Waals surface area contributed by atoms with E-state index < -0.39 is 0 Å². The molecule has 1 aromatic heterocycles. The lowest BCUT2D eigenvalue weighted by atomic mass is 10.1. The lowest BCUT2D eigenvalue weighted by Gasteiger charge is -2.11. The van der Waals surface area contributed by atoms with Crippen molar-refractivity contribution in [3.8, 4) is 0 Å². The van der Waals surface area contributed by atoms with Crippen LogP contribution in [0.1, 0.15) is 32.9 Å². The summed E-state index contributed by atoms with van der Waals surface area (Å²) >= 11 is 6.12. The van der Waals surface area contributed by atoms with Gasteiger partial charge in [-0.25, -0.2) is 9.97 Å². The molecule has 2 aromatic carbocycles. The van der Waals surface area contributed by atoms with Gasteiger partial charge in [0.15, 0.2) is 0 Å². The second-order valence-electron chi connectivity index (χ2n) is 6.36. The normalized spacial score (nSPS) is 10.5. The predicted molar refractivity (Wildman–Crippen MR) is 109 cm³/mol. The Bertz CT molecular complexity index is 988. The van der Waals surface area contributed by atoms with Gasteiger partial charge in [-0.1, -0.05) is 41.9 Å². The van der Waals surface area contributed by atoms with E-state index in [1.165, 1.54) is 5.56 Å². The van der Waals surface area contributed by atoms with Crippen LogP contribution in [0.3, 0.4) is 0 Å². The van der Waals surface area contributed by atoms with Gasteiger partial charge < -0.3 is 10.6 Å². The van der Waals surface area contributed by atoms with Crippen molar-refractivity contribution in [1.29, 1.82) is 0 Å². The SMILES string of the molecule is Cc1cc(C(=O)Nc2cccc(Cl)c2C)nc(NCc2ccccc2C)n1. The van der Waals surface area contributed by atoms with E-state index in [4.69, 9.17) is 11.6 Å². The Labute approximate surface area is 163 Å². The van der Waals surface area contributed by atoms with E-state index >= 15 is 0 Å². The summed E-state index contributed by atoms with van der Waals surface area (Å²) in [7, 11) is 0.